The first-order valence-corrected chi connectivity index (χ1v) is 10.6. The van der Waals surface area contributed by atoms with E-state index in [1.807, 2.05) is 0 Å². The van der Waals surface area contributed by atoms with E-state index in [0.717, 1.165) is 32.5 Å². The first-order chi connectivity index (χ1) is 13.0. The predicted molar refractivity (Wildman–Crippen MR) is 105 cm³/mol. The van der Waals surface area contributed by atoms with Gasteiger partial charge in [0.15, 0.2) is 5.76 Å². The molecule has 1 amide bonds. The molecule has 1 aromatic carbocycles. The van der Waals surface area contributed by atoms with E-state index in [0.29, 0.717) is 17.2 Å². The Bertz CT molecular complexity index is 746. The van der Waals surface area contributed by atoms with Crippen LogP contribution in [0.1, 0.15) is 43.0 Å². The molecular formula is C20H27FN2O3S. The van der Waals surface area contributed by atoms with Crippen molar-refractivity contribution in [3.8, 4) is 0 Å². The predicted octanol–water partition coefficient (Wildman–Crippen LogP) is 3.58. The van der Waals surface area contributed by atoms with Crippen LogP contribution in [0.3, 0.4) is 0 Å². The van der Waals surface area contributed by atoms with E-state index in [1.165, 1.54) is 24.3 Å². The molecule has 0 fully saturated rings. The van der Waals surface area contributed by atoms with E-state index < -0.39 is 10.8 Å². The maximum atomic E-state index is 12.9. The Labute approximate surface area is 162 Å². The molecule has 1 N–H and O–H groups in total. The number of carbonyl (C=O) groups is 1. The van der Waals surface area contributed by atoms with Crippen molar-refractivity contribution in [1.82, 2.24) is 10.2 Å². The molecule has 2 rings (SSSR count). The van der Waals surface area contributed by atoms with Gasteiger partial charge < -0.3 is 14.6 Å². The number of nitrogens with one attached hydrogen (secondary N) is 1. The second-order valence-electron chi connectivity index (χ2n) is 6.25. The van der Waals surface area contributed by atoms with E-state index in [2.05, 4.69) is 24.1 Å². The third-order valence-corrected chi connectivity index (χ3v) is 5.57. The fraction of sp³-hybridized carbons (Fsp3) is 0.450. The van der Waals surface area contributed by atoms with Crippen molar-refractivity contribution in [1.29, 1.82) is 0 Å². The summed E-state index contributed by atoms with van der Waals surface area (Å²) in [7, 11) is -1.36. The highest BCUT2D eigenvalue weighted by Crippen LogP contribution is 2.15. The van der Waals surface area contributed by atoms with Crippen LogP contribution in [0.4, 0.5) is 4.39 Å². The molecule has 0 unspecified atom stereocenters. The number of furan rings is 1. The van der Waals surface area contributed by atoms with Crippen LogP contribution in [0, 0.1) is 5.82 Å². The Morgan fingerprint density at radius 3 is 2.56 bits per heavy atom. The summed E-state index contributed by atoms with van der Waals surface area (Å²) in [6.45, 7) is 7.60. The van der Waals surface area contributed by atoms with Gasteiger partial charge in [0, 0.05) is 18.0 Å². The van der Waals surface area contributed by atoms with Crippen LogP contribution in [0.25, 0.3) is 0 Å². The summed E-state index contributed by atoms with van der Waals surface area (Å²) in [5.41, 5.74) is 0. The molecule has 0 bridgehead atoms. The quantitative estimate of drug-likeness (QED) is 0.633. The molecule has 0 saturated carbocycles. The van der Waals surface area contributed by atoms with Gasteiger partial charge in [-0.2, -0.15) is 0 Å². The molecule has 0 aliphatic rings. The molecule has 148 valence electrons. The van der Waals surface area contributed by atoms with Crippen molar-refractivity contribution < 1.29 is 17.8 Å². The summed E-state index contributed by atoms with van der Waals surface area (Å²) >= 11 is 0. The van der Waals surface area contributed by atoms with Gasteiger partial charge in [0.05, 0.1) is 16.6 Å². The fourth-order valence-electron chi connectivity index (χ4n) is 2.60. The molecule has 0 spiro atoms. The average molecular weight is 395 g/mol. The molecule has 0 aliphatic carbocycles. The minimum Gasteiger partial charge on any atom is -0.455 e. The van der Waals surface area contributed by atoms with Gasteiger partial charge in [0.1, 0.15) is 11.6 Å². The molecule has 1 aromatic heterocycles. The lowest BCUT2D eigenvalue weighted by molar-refractivity contribution is 0.0919. The number of amides is 1. The minimum absolute atomic E-state index is 0.138. The maximum Gasteiger partial charge on any atom is 0.287 e. The standard InChI is InChI=1S/C20H27FN2O3S/c1-3-5-13-23(4-2)14-12-22-20(24)19-11-8-17(26-19)15-27(25)18-9-6-16(21)7-10-18/h6-11H,3-5,12-15H2,1-2H3,(H,22,24)/t27-/m0/s1. The largest absolute Gasteiger partial charge is 0.455 e. The van der Waals surface area contributed by atoms with E-state index in [9.17, 15) is 13.4 Å². The summed E-state index contributed by atoms with van der Waals surface area (Å²) < 4.78 is 30.8. The molecule has 1 heterocycles. The number of unbranched alkanes of at least 4 members (excludes halogenated alkanes) is 1. The van der Waals surface area contributed by atoms with Crippen molar-refractivity contribution in [2.45, 2.75) is 37.3 Å². The minimum atomic E-state index is -1.36. The second kappa shape index (κ2) is 11.0. The number of likely N-dealkylation sites (N-methyl/N-ethyl adjacent to an activating group) is 1. The first-order valence-electron chi connectivity index (χ1n) is 9.26. The molecule has 7 heteroatoms. The van der Waals surface area contributed by atoms with Crippen molar-refractivity contribution >= 4 is 16.7 Å². The Hall–Kier alpha value is -1.99. The van der Waals surface area contributed by atoms with Gasteiger partial charge in [-0.1, -0.05) is 20.3 Å². The number of halogens is 1. The molecule has 5 nitrogen and oxygen atoms in total. The summed E-state index contributed by atoms with van der Waals surface area (Å²) in [6, 6.07) is 8.75. The van der Waals surface area contributed by atoms with Crippen LogP contribution in [-0.4, -0.2) is 41.2 Å². The molecule has 1 atom stereocenters. The third kappa shape index (κ3) is 6.92. The normalized spacial score (nSPS) is 12.3. The lowest BCUT2D eigenvalue weighted by Crippen LogP contribution is -2.35. The third-order valence-electron chi connectivity index (χ3n) is 4.22. The molecule has 0 radical (unpaired) electrons. The summed E-state index contributed by atoms with van der Waals surface area (Å²) in [5.74, 6) is 0.155. The van der Waals surface area contributed by atoms with Crippen LogP contribution < -0.4 is 5.32 Å². The number of carbonyl (C=O) groups excluding carboxylic acids is 1. The van der Waals surface area contributed by atoms with Crippen LogP contribution in [0.2, 0.25) is 0 Å². The summed E-state index contributed by atoms with van der Waals surface area (Å²) in [5, 5.41) is 2.85. The Balaban J connectivity index is 1.82. The van der Waals surface area contributed by atoms with Gasteiger partial charge in [-0.25, -0.2) is 4.39 Å². The highest BCUT2D eigenvalue weighted by molar-refractivity contribution is 7.84. The lowest BCUT2D eigenvalue weighted by Gasteiger charge is -2.19. The number of hydrogen-bond donors (Lipinski definition) is 1. The van der Waals surface area contributed by atoms with Crippen LogP contribution in [0.5, 0.6) is 0 Å². The van der Waals surface area contributed by atoms with E-state index in [1.54, 1.807) is 12.1 Å². The Morgan fingerprint density at radius 1 is 1.15 bits per heavy atom. The maximum absolute atomic E-state index is 12.9. The van der Waals surface area contributed by atoms with E-state index >= 15 is 0 Å². The van der Waals surface area contributed by atoms with E-state index in [-0.39, 0.29) is 23.2 Å². The van der Waals surface area contributed by atoms with Crippen molar-refractivity contribution in [3.05, 3.63) is 53.7 Å². The van der Waals surface area contributed by atoms with Gasteiger partial charge in [-0.05, 0) is 55.9 Å². The number of rotatable bonds is 11. The molecule has 27 heavy (non-hydrogen) atoms. The molecule has 2 aromatic rings. The Morgan fingerprint density at radius 2 is 1.89 bits per heavy atom. The topological polar surface area (TPSA) is 62.6 Å². The smallest absolute Gasteiger partial charge is 0.287 e. The molecule has 0 aliphatic heterocycles. The van der Waals surface area contributed by atoms with Crippen LogP contribution in [-0.2, 0) is 16.6 Å². The number of nitrogens with zero attached hydrogens (tertiary/aromatic N) is 1. The summed E-state index contributed by atoms with van der Waals surface area (Å²) in [4.78, 5) is 15.0. The van der Waals surface area contributed by atoms with Crippen molar-refractivity contribution in [2.75, 3.05) is 26.2 Å². The van der Waals surface area contributed by atoms with Crippen molar-refractivity contribution in [2.24, 2.45) is 0 Å². The van der Waals surface area contributed by atoms with Crippen molar-refractivity contribution in [3.63, 3.8) is 0 Å². The van der Waals surface area contributed by atoms with Gasteiger partial charge in [-0.3, -0.25) is 9.00 Å². The molecular weight excluding hydrogens is 367 g/mol. The van der Waals surface area contributed by atoms with Gasteiger partial charge in [0.2, 0.25) is 0 Å². The lowest BCUT2D eigenvalue weighted by atomic mass is 10.3. The molecule has 0 saturated heterocycles. The zero-order valence-corrected chi connectivity index (χ0v) is 16.7. The SMILES string of the molecule is CCCCN(CC)CCNC(=O)c1ccc(C[S@](=O)c2ccc(F)cc2)o1. The van der Waals surface area contributed by atoms with Gasteiger partial charge >= 0.3 is 0 Å². The van der Waals surface area contributed by atoms with E-state index in [4.69, 9.17) is 4.42 Å². The zero-order chi connectivity index (χ0) is 19.6. The Kier molecular flexibility index (Phi) is 8.67. The monoisotopic (exact) mass is 394 g/mol. The highest BCUT2D eigenvalue weighted by atomic mass is 32.2. The highest BCUT2D eigenvalue weighted by Gasteiger charge is 2.14. The average Bonchev–Trinajstić information content (AvgIpc) is 3.13. The van der Waals surface area contributed by atoms with Crippen LogP contribution in [0.15, 0.2) is 45.7 Å². The second-order valence-corrected chi connectivity index (χ2v) is 7.70. The zero-order valence-electron chi connectivity index (χ0n) is 15.9. The first kappa shape index (κ1) is 21.3. The van der Waals surface area contributed by atoms with Gasteiger partial charge in [0.25, 0.3) is 5.91 Å². The number of benzene rings is 1. The van der Waals surface area contributed by atoms with Gasteiger partial charge in [-0.15, -0.1) is 0 Å². The summed E-state index contributed by atoms with van der Waals surface area (Å²) in [6.07, 6.45) is 2.30. The van der Waals surface area contributed by atoms with Crippen LogP contribution >= 0.6 is 0 Å². The fourth-order valence-corrected chi connectivity index (χ4v) is 3.62. The number of hydrogen-bond acceptors (Lipinski definition) is 4.